The summed E-state index contributed by atoms with van der Waals surface area (Å²) in [5.74, 6) is 0.345. The Balaban J connectivity index is 1.94. The Morgan fingerprint density at radius 1 is 1.09 bits per heavy atom. The average molecular weight is 350 g/mol. The number of hydrogen-bond acceptors (Lipinski definition) is 2. The minimum Gasteiger partial charge on any atom is -0.508 e. The molecule has 0 saturated carbocycles. The summed E-state index contributed by atoms with van der Waals surface area (Å²) in [6.07, 6.45) is 3.64. The van der Waals surface area contributed by atoms with Crippen molar-refractivity contribution in [3.63, 3.8) is 0 Å². The fraction of sp³-hybridized carbons (Fsp3) is 0.368. The number of fused-ring (bicyclic) bond motifs is 1. The molecule has 2 nitrogen and oxygen atoms in total. The van der Waals surface area contributed by atoms with Gasteiger partial charge in [0.15, 0.2) is 0 Å². The maximum absolute atomic E-state index is 10.3. The number of halogens is 2. The van der Waals surface area contributed by atoms with E-state index in [9.17, 15) is 5.11 Å². The highest BCUT2D eigenvalue weighted by Crippen LogP contribution is 2.44. The van der Waals surface area contributed by atoms with Crippen LogP contribution in [0.5, 0.6) is 5.75 Å². The zero-order valence-electron chi connectivity index (χ0n) is 13.2. The van der Waals surface area contributed by atoms with Crippen LogP contribution in [0.4, 0.5) is 5.69 Å². The van der Waals surface area contributed by atoms with Crippen molar-refractivity contribution in [3.8, 4) is 5.75 Å². The van der Waals surface area contributed by atoms with Gasteiger partial charge in [-0.2, -0.15) is 0 Å². The van der Waals surface area contributed by atoms with E-state index in [0.717, 1.165) is 18.7 Å². The molecule has 1 unspecified atom stereocenters. The molecule has 1 atom stereocenters. The third kappa shape index (κ3) is 3.29. The lowest BCUT2D eigenvalue weighted by molar-refractivity contribution is 0.465. The third-order valence-corrected chi connectivity index (χ3v) is 5.25. The number of rotatable bonds is 5. The SMILES string of the molecule is CCCCCN1CC(c2cc(Cl)c(Cl)cc2O)c2ccccc21. The molecule has 1 N–H and O–H groups in total. The molecule has 122 valence electrons. The molecule has 0 aliphatic carbocycles. The van der Waals surface area contributed by atoms with Crippen molar-refractivity contribution in [3.05, 3.63) is 57.6 Å². The van der Waals surface area contributed by atoms with Crippen LogP contribution >= 0.6 is 23.2 Å². The molecule has 1 aliphatic heterocycles. The second-order valence-corrected chi connectivity index (χ2v) is 6.90. The summed E-state index contributed by atoms with van der Waals surface area (Å²) in [4.78, 5) is 2.41. The van der Waals surface area contributed by atoms with Crippen molar-refractivity contribution < 1.29 is 5.11 Å². The summed E-state index contributed by atoms with van der Waals surface area (Å²) in [5, 5.41) is 11.2. The zero-order valence-corrected chi connectivity index (χ0v) is 14.7. The molecule has 2 aromatic rings. The predicted molar refractivity (Wildman–Crippen MR) is 98.1 cm³/mol. The quantitative estimate of drug-likeness (QED) is 0.685. The van der Waals surface area contributed by atoms with Gasteiger partial charge in [-0.3, -0.25) is 0 Å². The lowest BCUT2D eigenvalue weighted by Crippen LogP contribution is -2.23. The molecule has 3 rings (SSSR count). The Kier molecular flexibility index (Phi) is 5.03. The van der Waals surface area contributed by atoms with Crippen molar-refractivity contribution in [1.82, 2.24) is 0 Å². The van der Waals surface area contributed by atoms with Gasteiger partial charge in [0.05, 0.1) is 10.0 Å². The first-order valence-corrected chi connectivity index (χ1v) is 8.89. The summed E-state index contributed by atoms with van der Waals surface area (Å²) in [5.41, 5.74) is 3.36. The number of unbranched alkanes of at least 4 members (excludes halogenated alkanes) is 2. The number of para-hydroxylation sites is 1. The van der Waals surface area contributed by atoms with Crippen LogP contribution in [-0.2, 0) is 0 Å². The minimum absolute atomic E-state index is 0.127. The monoisotopic (exact) mass is 349 g/mol. The van der Waals surface area contributed by atoms with Gasteiger partial charge < -0.3 is 10.0 Å². The van der Waals surface area contributed by atoms with E-state index < -0.39 is 0 Å². The number of aromatic hydroxyl groups is 1. The highest BCUT2D eigenvalue weighted by molar-refractivity contribution is 6.42. The Hall–Kier alpha value is -1.38. The van der Waals surface area contributed by atoms with Crippen LogP contribution in [0.1, 0.15) is 43.2 Å². The van der Waals surface area contributed by atoms with Gasteiger partial charge in [0, 0.05) is 36.3 Å². The summed E-state index contributed by atoms with van der Waals surface area (Å²) in [6, 6.07) is 11.8. The lowest BCUT2D eigenvalue weighted by Gasteiger charge is -2.20. The van der Waals surface area contributed by atoms with E-state index in [1.807, 2.05) is 0 Å². The zero-order chi connectivity index (χ0) is 16.4. The van der Waals surface area contributed by atoms with E-state index in [1.54, 1.807) is 12.1 Å². The molecule has 0 saturated heterocycles. The van der Waals surface area contributed by atoms with E-state index in [2.05, 4.69) is 36.1 Å². The number of hydrogen-bond donors (Lipinski definition) is 1. The molecular formula is C19H21Cl2NO. The van der Waals surface area contributed by atoms with Gasteiger partial charge in [0.1, 0.15) is 5.75 Å². The van der Waals surface area contributed by atoms with Crippen LogP contribution in [0, 0.1) is 0 Å². The van der Waals surface area contributed by atoms with Gasteiger partial charge in [-0.15, -0.1) is 0 Å². The molecule has 0 radical (unpaired) electrons. The first-order chi connectivity index (χ1) is 11.1. The van der Waals surface area contributed by atoms with E-state index in [0.29, 0.717) is 10.0 Å². The van der Waals surface area contributed by atoms with Gasteiger partial charge in [0.25, 0.3) is 0 Å². The van der Waals surface area contributed by atoms with Gasteiger partial charge in [-0.05, 0) is 24.1 Å². The standard InChI is InChI=1S/C19H21Cl2NO/c1-2-3-6-9-22-12-15(13-7-4-5-8-18(13)22)14-10-16(20)17(21)11-19(14)23/h4-5,7-8,10-11,15,23H,2-3,6,9,12H2,1H3. The van der Waals surface area contributed by atoms with E-state index >= 15 is 0 Å². The van der Waals surface area contributed by atoms with E-state index in [4.69, 9.17) is 23.2 Å². The Morgan fingerprint density at radius 2 is 1.83 bits per heavy atom. The number of phenolic OH excluding ortho intramolecular Hbond substituents is 1. The van der Waals surface area contributed by atoms with Crippen molar-refractivity contribution in [2.45, 2.75) is 32.1 Å². The Labute approximate surface area is 147 Å². The smallest absolute Gasteiger partial charge is 0.121 e. The van der Waals surface area contributed by atoms with Gasteiger partial charge >= 0.3 is 0 Å². The topological polar surface area (TPSA) is 23.5 Å². The number of anilines is 1. The molecule has 0 bridgehead atoms. The first-order valence-electron chi connectivity index (χ1n) is 8.13. The van der Waals surface area contributed by atoms with Crippen LogP contribution in [0.25, 0.3) is 0 Å². The molecule has 0 fully saturated rings. The van der Waals surface area contributed by atoms with Gasteiger partial charge in [0.2, 0.25) is 0 Å². The van der Waals surface area contributed by atoms with E-state index in [-0.39, 0.29) is 11.7 Å². The third-order valence-electron chi connectivity index (χ3n) is 4.53. The van der Waals surface area contributed by atoms with Crippen molar-refractivity contribution in [2.75, 3.05) is 18.0 Å². The summed E-state index contributed by atoms with van der Waals surface area (Å²) >= 11 is 12.2. The summed E-state index contributed by atoms with van der Waals surface area (Å²) < 4.78 is 0. The molecular weight excluding hydrogens is 329 g/mol. The fourth-order valence-corrected chi connectivity index (χ4v) is 3.68. The highest BCUT2D eigenvalue weighted by atomic mass is 35.5. The molecule has 0 aromatic heterocycles. The van der Waals surface area contributed by atoms with Crippen LogP contribution in [-0.4, -0.2) is 18.2 Å². The minimum atomic E-state index is 0.127. The molecule has 1 aliphatic rings. The van der Waals surface area contributed by atoms with Crippen LogP contribution < -0.4 is 4.90 Å². The fourth-order valence-electron chi connectivity index (χ4n) is 3.35. The maximum Gasteiger partial charge on any atom is 0.121 e. The molecule has 0 amide bonds. The molecule has 4 heteroatoms. The summed E-state index contributed by atoms with van der Waals surface area (Å²) in [7, 11) is 0. The van der Waals surface area contributed by atoms with Crippen molar-refractivity contribution in [2.24, 2.45) is 0 Å². The largest absolute Gasteiger partial charge is 0.508 e. The number of benzene rings is 2. The normalized spacial score (nSPS) is 16.7. The predicted octanol–water partition coefficient (Wildman–Crippen LogP) is 5.84. The van der Waals surface area contributed by atoms with Crippen molar-refractivity contribution >= 4 is 28.9 Å². The second-order valence-electron chi connectivity index (χ2n) is 6.09. The van der Waals surface area contributed by atoms with Gasteiger partial charge in [-0.25, -0.2) is 0 Å². The van der Waals surface area contributed by atoms with E-state index in [1.165, 1.54) is 30.5 Å². The highest BCUT2D eigenvalue weighted by Gasteiger charge is 2.31. The summed E-state index contributed by atoms with van der Waals surface area (Å²) in [6.45, 7) is 4.13. The van der Waals surface area contributed by atoms with Crippen LogP contribution in [0.15, 0.2) is 36.4 Å². The van der Waals surface area contributed by atoms with Gasteiger partial charge in [-0.1, -0.05) is 61.2 Å². The van der Waals surface area contributed by atoms with Crippen LogP contribution in [0.2, 0.25) is 10.0 Å². The Morgan fingerprint density at radius 3 is 2.61 bits per heavy atom. The maximum atomic E-state index is 10.3. The lowest BCUT2D eigenvalue weighted by atomic mass is 9.92. The molecule has 1 heterocycles. The molecule has 0 spiro atoms. The molecule has 2 aromatic carbocycles. The Bertz CT molecular complexity index is 702. The van der Waals surface area contributed by atoms with Crippen molar-refractivity contribution in [1.29, 1.82) is 0 Å². The first kappa shape index (κ1) is 16.5. The molecule has 23 heavy (non-hydrogen) atoms. The average Bonchev–Trinajstić information content (AvgIpc) is 2.90. The number of phenols is 1. The number of nitrogens with zero attached hydrogens (tertiary/aromatic N) is 1. The van der Waals surface area contributed by atoms with Crippen LogP contribution in [0.3, 0.4) is 0 Å². The second kappa shape index (κ2) is 7.02.